The van der Waals surface area contributed by atoms with Crippen LogP contribution in [0.3, 0.4) is 0 Å². The van der Waals surface area contributed by atoms with Crippen LogP contribution in [-0.2, 0) is 4.79 Å². The van der Waals surface area contributed by atoms with Gasteiger partial charge in [-0.05, 0) is 53.1 Å². The summed E-state index contributed by atoms with van der Waals surface area (Å²) < 4.78 is 0.450. The average molecular weight is 488 g/mol. The monoisotopic (exact) mass is 488 g/mol. The molecular weight excluding hydrogens is 463 g/mol. The average Bonchev–Trinajstić information content (AvgIpc) is 2.62. The summed E-state index contributed by atoms with van der Waals surface area (Å²) in [7, 11) is 0. The van der Waals surface area contributed by atoms with E-state index in [0.717, 1.165) is 51.4 Å². The van der Waals surface area contributed by atoms with Gasteiger partial charge in [-0.25, -0.2) is 0 Å². The third kappa shape index (κ3) is 9.48. The molecule has 3 N–H and O–H groups in total. The van der Waals surface area contributed by atoms with Gasteiger partial charge in [0.1, 0.15) is 5.75 Å². The summed E-state index contributed by atoms with van der Waals surface area (Å²) in [5, 5.41) is 24.8. The Morgan fingerprint density at radius 1 is 1.07 bits per heavy atom. The topological polar surface area (TPSA) is 135 Å². The molecule has 0 heterocycles. The number of carbonyl (C=O) groups is 2. The molecule has 27 heavy (non-hydrogen) atoms. The number of phenols is 1. The van der Waals surface area contributed by atoms with Crippen LogP contribution in [0.15, 0.2) is 17.2 Å². The molecule has 0 saturated carbocycles. The fourth-order valence-corrected chi connectivity index (χ4v) is 3.24. The summed E-state index contributed by atoms with van der Waals surface area (Å²) in [6.07, 6.45) is 8.14. The van der Waals surface area contributed by atoms with Crippen molar-refractivity contribution in [1.29, 1.82) is 0 Å². The maximum Gasteiger partial charge on any atom is 0.303 e. The molecule has 0 spiro atoms. The second-order valence-electron chi connectivity index (χ2n) is 6.24. The summed E-state index contributed by atoms with van der Waals surface area (Å²) in [4.78, 5) is 25.3. The van der Waals surface area contributed by atoms with E-state index >= 15 is 0 Å². The van der Waals surface area contributed by atoms with E-state index in [1.165, 1.54) is 12.1 Å². The van der Waals surface area contributed by atoms with Gasteiger partial charge < -0.3 is 15.5 Å². The lowest BCUT2D eigenvalue weighted by atomic mass is 10.1. The number of hydrogen-bond acceptors (Lipinski definition) is 4. The predicted molar refractivity (Wildman–Crippen MR) is 111 cm³/mol. The van der Waals surface area contributed by atoms with Gasteiger partial charge in [0.25, 0.3) is 5.91 Å². The van der Waals surface area contributed by atoms with Crippen LogP contribution in [0, 0.1) is 3.57 Å². The number of carbonyl (C=O) groups excluding carboxylic acids is 1. The fourth-order valence-electron chi connectivity index (χ4n) is 2.63. The third-order valence-electron chi connectivity index (χ3n) is 4.06. The van der Waals surface area contributed by atoms with E-state index < -0.39 is 5.97 Å². The number of unbranched alkanes of at least 4 members (excludes halogenated alkanes) is 7. The van der Waals surface area contributed by atoms with E-state index in [1.807, 2.05) is 22.6 Å². The Morgan fingerprint density at radius 3 is 2.26 bits per heavy atom. The second-order valence-corrected chi connectivity index (χ2v) is 7.40. The van der Waals surface area contributed by atoms with Crippen LogP contribution in [0.5, 0.6) is 5.75 Å². The molecule has 0 atom stereocenters. The molecule has 148 valence electrons. The summed E-state index contributed by atoms with van der Waals surface area (Å²) in [6, 6.07) is 2.88. The zero-order valence-corrected chi connectivity index (χ0v) is 17.3. The highest BCUT2D eigenvalue weighted by Crippen LogP contribution is 2.30. The summed E-state index contributed by atoms with van der Waals surface area (Å²) >= 11 is 1.88. The maximum atomic E-state index is 12.2. The first-order valence-electron chi connectivity index (χ1n) is 9.03. The zero-order valence-electron chi connectivity index (χ0n) is 15.2. The molecule has 1 aromatic carbocycles. The number of rotatable bonds is 13. The Bertz CT molecular complexity index is 690. The predicted octanol–water partition coefficient (Wildman–Crippen LogP) is 5.26. The molecule has 0 aliphatic carbocycles. The number of carboxylic acids is 1. The zero-order chi connectivity index (χ0) is 20.1. The highest BCUT2D eigenvalue weighted by molar-refractivity contribution is 14.1. The number of aliphatic carboxylic acids is 1. The number of carboxylic acid groups (broad SMARTS) is 1. The smallest absolute Gasteiger partial charge is 0.303 e. The van der Waals surface area contributed by atoms with E-state index in [2.05, 4.69) is 15.3 Å². The highest BCUT2D eigenvalue weighted by Gasteiger charge is 2.14. The second kappa shape index (κ2) is 13.2. The first kappa shape index (κ1) is 23.0. The third-order valence-corrected chi connectivity index (χ3v) is 4.88. The van der Waals surface area contributed by atoms with E-state index in [-0.39, 0.29) is 29.3 Å². The van der Waals surface area contributed by atoms with Crippen molar-refractivity contribution >= 4 is 40.2 Å². The van der Waals surface area contributed by atoms with Crippen molar-refractivity contribution in [2.75, 3.05) is 6.54 Å². The minimum Gasteiger partial charge on any atom is -0.506 e. The molecule has 1 amide bonds. The van der Waals surface area contributed by atoms with Crippen LogP contribution in [0.1, 0.15) is 68.1 Å². The van der Waals surface area contributed by atoms with Crippen molar-refractivity contribution in [2.45, 2.75) is 57.8 Å². The molecule has 0 saturated heterocycles. The van der Waals surface area contributed by atoms with Crippen LogP contribution < -0.4 is 5.32 Å². The molecule has 0 radical (unpaired) electrons. The van der Waals surface area contributed by atoms with Crippen molar-refractivity contribution in [3.8, 4) is 5.75 Å². The minimum atomic E-state index is -0.732. The van der Waals surface area contributed by atoms with Gasteiger partial charge >= 0.3 is 5.97 Å². The van der Waals surface area contributed by atoms with Gasteiger partial charge in [-0.1, -0.05) is 43.6 Å². The molecule has 8 nitrogen and oxygen atoms in total. The Morgan fingerprint density at radius 2 is 1.67 bits per heavy atom. The van der Waals surface area contributed by atoms with Crippen molar-refractivity contribution in [1.82, 2.24) is 5.32 Å². The van der Waals surface area contributed by atoms with E-state index in [4.69, 9.17) is 10.6 Å². The number of nitrogens with zero attached hydrogens (tertiary/aromatic N) is 3. The summed E-state index contributed by atoms with van der Waals surface area (Å²) in [6.45, 7) is 0.513. The molecule has 9 heteroatoms. The van der Waals surface area contributed by atoms with Gasteiger partial charge in [0.2, 0.25) is 0 Å². The number of aromatic hydroxyl groups is 1. The van der Waals surface area contributed by atoms with Crippen LogP contribution in [0.25, 0.3) is 10.4 Å². The first-order valence-corrected chi connectivity index (χ1v) is 10.1. The van der Waals surface area contributed by atoms with E-state index in [1.54, 1.807) is 0 Å². The number of hydrogen-bond donors (Lipinski definition) is 3. The van der Waals surface area contributed by atoms with Crippen LogP contribution in [-0.4, -0.2) is 28.6 Å². The van der Waals surface area contributed by atoms with Crippen molar-refractivity contribution in [2.24, 2.45) is 5.11 Å². The van der Waals surface area contributed by atoms with E-state index in [0.29, 0.717) is 10.1 Å². The normalized spacial score (nSPS) is 10.3. The molecule has 0 bridgehead atoms. The van der Waals surface area contributed by atoms with Crippen molar-refractivity contribution in [3.63, 3.8) is 0 Å². The Balaban J connectivity index is 2.21. The lowest BCUT2D eigenvalue weighted by Gasteiger charge is -2.09. The Kier molecular flexibility index (Phi) is 11.3. The Hall–Kier alpha value is -2.00. The highest BCUT2D eigenvalue weighted by atomic mass is 127. The molecule has 1 rings (SSSR count). The SMILES string of the molecule is [N-]=[N+]=Nc1cc(I)c(O)c(C(=O)NCCCCCCCCCCC(=O)O)c1. The number of phenolic OH excluding ortho intramolecular Hbond substituents is 1. The quantitative estimate of drug-likeness (QED) is 0.115. The standard InChI is InChI=1S/C18H25IN4O4/c19-15-12-13(22-23-20)11-14(17(15)26)18(27)21-10-8-6-4-2-1-3-5-7-9-16(24)25/h11-12,26H,1-10H2,(H,21,27)(H,24,25). The summed E-state index contributed by atoms with van der Waals surface area (Å²) in [5.74, 6) is -1.24. The van der Waals surface area contributed by atoms with Gasteiger partial charge in [0.05, 0.1) is 9.13 Å². The van der Waals surface area contributed by atoms with Crippen LogP contribution in [0.2, 0.25) is 0 Å². The molecule has 0 aromatic heterocycles. The largest absolute Gasteiger partial charge is 0.506 e. The lowest BCUT2D eigenvalue weighted by molar-refractivity contribution is -0.137. The lowest BCUT2D eigenvalue weighted by Crippen LogP contribution is -2.24. The van der Waals surface area contributed by atoms with Crippen molar-refractivity contribution in [3.05, 3.63) is 31.7 Å². The van der Waals surface area contributed by atoms with Crippen LogP contribution >= 0.6 is 22.6 Å². The van der Waals surface area contributed by atoms with E-state index in [9.17, 15) is 14.7 Å². The maximum absolute atomic E-state index is 12.2. The van der Waals surface area contributed by atoms with Gasteiger partial charge in [-0.15, -0.1) is 0 Å². The fraction of sp³-hybridized carbons (Fsp3) is 0.556. The minimum absolute atomic E-state index is 0.102. The molecule has 0 unspecified atom stereocenters. The van der Waals surface area contributed by atoms with Gasteiger partial charge in [-0.3, -0.25) is 9.59 Å². The molecule has 0 fully saturated rings. The van der Waals surface area contributed by atoms with Gasteiger partial charge in [0, 0.05) is 23.6 Å². The molecule has 1 aromatic rings. The van der Waals surface area contributed by atoms with Gasteiger partial charge in [0.15, 0.2) is 0 Å². The van der Waals surface area contributed by atoms with Crippen molar-refractivity contribution < 1.29 is 19.8 Å². The Labute approximate surface area is 172 Å². The van der Waals surface area contributed by atoms with Gasteiger partial charge in [-0.2, -0.15) is 0 Å². The number of amides is 1. The first-order chi connectivity index (χ1) is 13.0. The number of benzene rings is 1. The number of azide groups is 1. The van der Waals surface area contributed by atoms with Crippen LogP contribution in [0.4, 0.5) is 5.69 Å². The number of nitrogens with one attached hydrogen (secondary N) is 1. The molecule has 0 aliphatic rings. The summed E-state index contributed by atoms with van der Waals surface area (Å²) in [5.41, 5.74) is 8.89. The molecular formula is C18H25IN4O4. The molecule has 0 aliphatic heterocycles. The number of halogens is 1.